The SMILES string of the molecule is CCCOc1ccccc1N1C(=O)C(c2ccc(Cl)cc2)=C(N(C)CCO)C1=O. The maximum atomic E-state index is 13.4. The lowest BCUT2D eigenvalue weighted by atomic mass is 10.0. The van der Waals surface area contributed by atoms with Crippen molar-refractivity contribution in [2.45, 2.75) is 13.3 Å². The molecule has 0 aliphatic carbocycles. The van der Waals surface area contributed by atoms with Gasteiger partial charge in [-0.25, -0.2) is 4.90 Å². The van der Waals surface area contributed by atoms with Gasteiger partial charge in [-0.2, -0.15) is 0 Å². The van der Waals surface area contributed by atoms with Crippen LogP contribution in [0.2, 0.25) is 5.02 Å². The summed E-state index contributed by atoms with van der Waals surface area (Å²) in [5.74, 6) is -0.425. The number of para-hydroxylation sites is 2. The minimum Gasteiger partial charge on any atom is -0.491 e. The molecule has 0 saturated carbocycles. The molecular weight excluding hydrogens is 392 g/mol. The molecule has 0 spiro atoms. The fraction of sp³-hybridized carbons (Fsp3) is 0.273. The van der Waals surface area contributed by atoms with Gasteiger partial charge in [0.05, 0.1) is 24.5 Å². The van der Waals surface area contributed by atoms with E-state index in [0.29, 0.717) is 28.6 Å². The van der Waals surface area contributed by atoms with Crippen LogP contribution in [0.25, 0.3) is 5.57 Å². The number of imide groups is 1. The summed E-state index contributed by atoms with van der Waals surface area (Å²) in [5, 5.41) is 9.89. The molecule has 1 N–H and O–H groups in total. The monoisotopic (exact) mass is 414 g/mol. The third kappa shape index (κ3) is 4.13. The molecule has 0 aromatic heterocycles. The number of ether oxygens (including phenoxy) is 1. The van der Waals surface area contributed by atoms with Gasteiger partial charge in [-0.3, -0.25) is 9.59 Å². The summed E-state index contributed by atoms with van der Waals surface area (Å²) in [6.07, 6.45) is 0.801. The van der Waals surface area contributed by atoms with E-state index < -0.39 is 11.8 Å². The van der Waals surface area contributed by atoms with Crippen molar-refractivity contribution in [2.24, 2.45) is 0 Å². The molecule has 2 aromatic carbocycles. The van der Waals surface area contributed by atoms with Crippen molar-refractivity contribution in [3.63, 3.8) is 0 Å². The van der Waals surface area contributed by atoms with Crippen LogP contribution in [-0.2, 0) is 9.59 Å². The number of hydrogen-bond donors (Lipinski definition) is 1. The molecule has 1 heterocycles. The van der Waals surface area contributed by atoms with Crippen LogP contribution in [0.1, 0.15) is 18.9 Å². The average Bonchev–Trinajstić information content (AvgIpc) is 2.97. The number of amides is 2. The molecule has 1 aliphatic heterocycles. The van der Waals surface area contributed by atoms with Crippen molar-refractivity contribution in [3.8, 4) is 5.75 Å². The van der Waals surface area contributed by atoms with E-state index in [1.54, 1.807) is 60.5 Å². The van der Waals surface area contributed by atoms with Gasteiger partial charge >= 0.3 is 0 Å². The van der Waals surface area contributed by atoms with Crippen LogP contribution < -0.4 is 9.64 Å². The number of aliphatic hydroxyl groups excluding tert-OH is 1. The van der Waals surface area contributed by atoms with Crippen LogP contribution in [0, 0.1) is 0 Å². The van der Waals surface area contributed by atoms with Crippen molar-refractivity contribution in [1.82, 2.24) is 4.90 Å². The van der Waals surface area contributed by atoms with Crippen LogP contribution in [-0.4, -0.2) is 48.6 Å². The highest BCUT2D eigenvalue weighted by Crippen LogP contribution is 2.38. The lowest BCUT2D eigenvalue weighted by Crippen LogP contribution is -2.35. The Morgan fingerprint density at radius 1 is 1.07 bits per heavy atom. The second kappa shape index (κ2) is 9.11. The molecule has 0 unspecified atom stereocenters. The Morgan fingerprint density at radius 3 is 2.41 bits per heavy atom. The maximum absolute atomic E-state index is 13.4. The third-order valence-electron chi connectivity index (χ3n) is 4.58. The largest absolute Gasteiger partial charge is 0.491 e. The van der Waals surface area contributed by atoms with E-state index in [4.69, 9.17) is 16.3 Å². The number of carbonyl (C=O) groups excluding carboxylic acids is 2. The fourth-order valence-corrected chi connectivity index (χ4v) is 3.33. The molecule has 6 nitrogen and oxygen atoms in total. The van der Waals surface area contributed by atoms with Crippen molar-refractivity contribution in [2.75, 3.05) is 31.7 Å². The van der Waals surface area contributed by atoms with Crippen LogP contribution >= 0.6 is 11.6 Å². The van der Waals surface area contributed by atoms with E-state index in [0.717, 1.165) is 11.3 Å². The van der Waals surface area contributed by atoms with Gasteiger partial charge in [-0.1, -0.05) is 42.8 Å². The quantitative estimate of drug-likeness (QED) is 0.671. The van der Waals surface area contributed by atoms with Gasteiger partial charge in [-0.15, -0.1) is 0 Å². The highest BCUT2D eigenvalue weighted by Gasteiger charge is 2.42. The summed E-state index contributed by atoms with van der Waals surface area (Å²) in [6, 6.07) is 13.7. The van der Waals surface area contributed by atoms with Gasteiger partial charge in [0.15, 0.2) is 0 Å². The normalized spacial score (nSPS) is 14.0. The number of anilines is 1. The number of benzene rings is 2. The fourth-order valence-electron chi connectivity index (χ4n) is 3.21. The molecule has 0 saturated heterocycles. The number of nitrogens with zero attached hydrogens (tertiary/aromatic N) is 2. The highest BCUT2D eigenvalue weighted by molar-refractivity contribution is 6.45. The van der Waals surface area contributed by atoms with Crippen LogP contribution in [0.15, 0.2) is 54.2 Å². The second-order valence-electron chi connectivity index (χ2n) is 6.64. The molecule has 2 amide bonds. The Hall–Kier alpha value is -2.83. The molecule has 2 aromatic rings. The first kappa shape index (κ1) is 20.9. The Kier molecular flexibility index (Phi) is 6.56. The standard InChI is InChI=1S/C22H23ClN2O4/c1-3-14-29-18-7-5-4-6-17(18)25-21(27)19(15-8-10-16(23)11-9-15)20(22(25)28)24(2)12-13-26/h4-11,26H,3,12-14H2,1-2H3. The van der Waals surface area contributed by atoms with Crippen molar-refractivity contribution < 1.29 is 19.4 Å². The van der Waals surface area contributed by atoms with Crippen LogP contribution in [0.5, 0.6) is 5.75 Å². The predicted molar refractivity (Wildman–Crippen MR) is 113 cm³/mol. The summed E-state index contributed by atoms with van der Waals surface area (Å²) in [5.41, 5.74) is 1.49. The summed E-state index contributed by atoms with van der Waals surface area (Å²) >= 11 is 5.99. The first-order valence-corrected chi connectivity index (χ1v) is 9.80. The molecule has 1 aliphatic rings. The molecule has 152 valence electrons. The molecular formula is C22H23ClN2O4. The van der Waals surface area contributed by atoms with Crippen molar-refractivity contribution in [1.29, 1.82) is 0 Å². The molecule has 7 heteroatoms. The van der Waals surface area contributed by atoms with E-state index in [1.165, 1.54) is 0 Å². The lowest BCUT2D eigenvalue weighted by molar-refractivity contribution is -0.120. The molecule has 0 radical (unpaired) electrons. The Bertz CT molecular complexity index is 940. The number of hydrogen-bond acceptors (Lipinski definition) is 5. The highest BCUT2D eigenvalue weighted by atomic mass is 35.5. The van der Waals surface area contributed by atoms with E-state index >= 15 is 0 Å². The van der Waals surface area contributed by atoms with Crippen LogP contribution in [0.3, 0.4) is 0 Å². The van der Waals surface area contributed by atoms with E-state index in [1.807, 2.05) is 6.92 Å². The molecule has 0 atom stereocenters. The van der Waals surface area contributed by atoms with Gasteiger partial charge in [0.2, 0.25) is 0 Å². The number of carbonyl (C=O) groups is 2. The zero-order valence-corrected chi connectivity index (χ0v) is 17.1. The van der Waals surface area contributed by atoms with Gasteiger partial charge in [0.1, 0.15) is 11.4 Å². The Labute approximate surface area is 174 Å². The smallest absolute Gasteiger partial charge is 0.282 e. The first-order valence-electron chi connectivity index (χ1n) is 9.42. The number of likely N-dealkylation sites (N-methyl/N-ethyl adjacent to an activating group) is 1. The summed E-state index contributed by atoms with van der Waals surface area (Å²) in [7, 11) is 1.68. The van der Waals surface area contributed by atoms with Gasteiger partial charge in [0.25, 0.3) is 11.8 Å². The Balaban J connectivity index is 2.10. The summed E-state index contributed by atoms with van der Waals surface area (Å²) in [6.45, 7) is 2.53. The van der Waals surface area contributed by atoms with Gasteiger partial charge in [-0.05, 0) is 36.2 Å². The predicted octanol–water partition coefficient (Wildman–Crippen LogP) is 3.34. The van der Waals surface area contributed by atoms with E-state index in [9.17, 15) is 14.7 Å². The topological polar surface area (TPSA) is 70.1 Å². The minimum absolute atomic E-state index is 0.147. The van der Waals surface area contributed by atoms with Crippen molar-refractivity contribution in [3.05, 3.63) is 64.8 Å². The molecule has 29 heavy (non-hydrogen) atoms. The van der Waals surface area contributed by atoms with Crippen LogP contribution in [0.4, 0.5) is 5.69 Å². The number of rotatable bonds is 8. The number of aliphatic hydroxyl groups is 1. The Morgan fingerprint density at radius 2 is 1.76 bits per heavy atom. The zero-order chi connectivity index (χ0) is 21.0. The van der Waals surface area contributed by atoms with E-state index in [-0.39, 0.29) is 24.4 Å². The molecule has 3 rings (SSSR count). The summed E-state index contributed by atoms with van der Waals surface area (Å²) in [4.78, 5) is 29.5. The summed E-state index contributed by atoms with van der Waals surface area (Å²) < 4.78 is 5.76. The zero-order valence-electron chi connectivity index (χ0n) is 16.4. The first-order chi connectivity index (χ1) is 14.0. The molecule has 0 fully saturated rings. The van der Waals surface area contributed by atoms with E-state index in [2.05, 4.69) is 0 Å². The van der Waals surface area contributed by atoms with Gasteiger partial charge in [0, 0.05) is 18.6 Å². The van der Waals surface area contributed by atoms with Gasteiger partial charge < -0.3 is 14.7 Å². The molecule has 0 bridgehead atoms. The second-order valence-corrected chi connectivity index (χ2v) is 7.07. The average molecular weight is 415 g/mol. The lowest BCUT2D eigenvalue weighted by Gasteiger charge is -2.21. The minimum atomic E-state index is -0.455. The third-order valence-corrected chi connectivity index (χ3v) is 4.83. The number of halogens is 1. The maximum Gasteiger partial charge on any atom is 0.282 e. The van der Waals surface area contributed by atoms with Crippen molar-refractivity contribution >= 4 is 34.7 Å².